The Hall–Kier alpha value is -0.790. The van der Waals surface area contributed by atoms with Crippen molar-refractivity contribution >= 4 is 5.91 Å². The van der Waals surface area contributed by atoms with Gasteiger partial charge in [0.05, 0.1) is 0 Å². The highest BCUT2D eigenvalue weighted by atomic mass is 16.1. The number of carbonyl (C=O) groups is 1. The van der Waals surface area contributed by atoms with E-state index >= 15 is 0 Å². The van der Waals surface area contributed by atoms with E-state index in [2.05, 4.69) is 52.9 Å². The number of rotatable bonds is 5. The van der Waals surface area contributed by atoms with E-state index in [0.29, 0.717) is 11.5 Å². The molecule has 1 aliphatic heterocycles. The monoisotopic (exact) mass is 429 g/mol. The van der Waals surface area contributed by atoms with Crippen molar-refractivity contribution in [2.24, 2.45) is 52.3 Å². The van der Waals surface area contributed by atoms with Crippen LogP contribution >= 0.6 is 0 Å². The van der Waals surface area contributed by atoms with Crippen LogP contribution in [0, 0.1) is 52.3 Å². The highest BCUT2D eigenvalue weighted by Gasteiger charge is 2.61. The molecule has 2 nitrogen and oxygen atoms in total. The molecule has 7 unspecified atom stereocenters. The van der Waals surface area contributed by atoms with Crippen LogP contribution in [-0.2, 0) is 4.79 Å². The zero-order valence-corrected chi connectivity index (χ0v) is 21.8. The van der Waals surface area contributed by atoms with Gasteiger partial charge in [0.25, 0.3) is 0 Å². The lowest BCUT2D eigenvalue weighted by atomic mass is 9.45. The maximum Gasteiger partial charge on any atom is 0.243 e. The standard InChI is InChI=1S/C27H45NO.C2H6/c1-17(2)8-7-9-18(3)20-10-11-21-25-19(4)16-23-27(6,15-13-24(29)28-23)22(25)12-14-26(20,21)5;1-2/h13,15,17-23,25H,7-12,14,16H2,1-6H3,(H,28,29);1-2H3/t18?,19-,20?,21?,22?,23?,25?,26+,27?;/m0./s1. The van der Waals surface area contributed by atoms with E-state index in [1.807, 2.05) is 19.9 Å². The predicted octanol–water partition coefficient (Wildman–Crippen LogP) is 7.63. The normalized spacial score (nSPS) is 44.5. The topological polar surface area (TPSA) is 29.1 Å². The largest absolute Gasteiger partial charge is 0.349 e. The van der Waals surface area contributed by atoms with Gasteiger partial charge in [0.15, 0.2) is 0 Å². The molecule has 4 aliphatic rings. The van der Waals surface area contributed by atoms with Crippen molar-refractivity contribution in [2.75, 3.05) is 0 Å². The molecule has 0 spiro atoms. The van der Waals surface area contributed by atoms with E-state index < -0.39 is 0 Å². The Morgan fingerprint density at radius 2 is 1.77 bits per heavy atom. The molecule has 0 bridgehead atoms. The third-order valence-corrected chi connectivity index (χ3v) is 10.3. The number of amides is 1. The highest BCUT2D eigenvalue weighted by molar-refractivity contribution is 5.89. The Morgan fingerprint density at radius 3 is 2.45 bits per heavy atom. The van der Waals surface area contributed by atoms with Crippen molar-refractivity contribution in [3.63, 3.8) is 0 Å². The SMILES string of the molecule is CC.CC(C)CCCC(C)C1CCC2C3C(CC[C@]12C)C1(C)C=CC(=O)NC1C[C@@H]3C. The van der Waals surface area contributed by atoms with E-state index in [0.717, 1.165) is 47.8 Å². The zero-order valence-electron chi connectivity index (χ0n) is 21.8. The van der Waals surface area contributed by atoms with Gasteiger partial charge in [0.1, 0.15) is 0 Å². The second-order valence-electron chi connectivity index (χ2n) is 12.3. The molecule has 0 saturated heterocycles. The first-order valence-electron chi connectivity index (χ1n) is 13.7. The average molecular weight is 430 g/mol. The minimum Gasteiger partial charge on any atom is -0.349 e. The number of nitrogens with one attached hydrogen (secondary N) is 1. The van der Waals surface area contributed by atoms with Crippen LogP contribution in [0.2, 0.25) is 0 Å². The van der Waals surface area contributed by atoms with Crippen LogP contribution in [0.5, 0.6) is 0 Å². The van der Waals surface area contributed by atoms with Gasteiger partial charge in [-0.15, -0.1) is 0 Å². The van der Waals surface area contributed by atoms with E-state index in [9.17, 15) is 4.79 Å². The maximum absolute atomic E-state index is 12.0. The van der Waals surface area contributed by atoms with Crippen LogP contribution < -0.4 is 5.32 Å². The molecular weight excluding hydrogens is 378 g/mol. The molecule has 0 aromatic heterocycles. The van der Waals surface area contributed by atoms with Crippen LogP contribution in [0.1, 0.15) is 107 Å². The summed E-state index contributed by atoms with van der Waals surface area (Å²) in [4.78, 5) is 12.0. The van der Waals surface area contributed by atoms with Gasteiger partial charge in [-0.1, -0.05) is 80.7 Å². The molecule has 0 aromatic rings. The molecule has 178 valence electrons. The van der Waals surface area contributed by atoms with Gasteiger partial charge in [-0.2, -0.15) is 0 Å². The molecular formula is C29H51NO. The lowest BCUT2D eigenvalue weighted by Gasteiger charge is -2.61. The van der Waals surface area contributed by atoms with Gasteiger partial charge in [-0.05, 0) is 85.0 Å². The van der Waals surface area contributed by atoms with Crippen LogP contribution in [0.3, 0.4) is 0 Å². The van der Waals surface area contributed by atoms with Crippen molar-refractivity contribution in [3.8, 4) is 0 Å². The Morgan fingerprint density at radius 1 is 1.06 bits per heavy atom. The first kappa shape index (κ1) is 24.8. The minimum atomic E-state index is 0.120. The highest BCUT2D eigenvalue weighted by Crippen LogP contribution is 2.67. The molecule has 3 aliphatic carbocycles. The summed E-state index contributed by atoms with van der Waals surface area (Å²) in [6.07, 6.45) is 15.1. The molecule has 2 heteroatoms. The molecule has 0 radical (unpaired) electrons. The summed E-state index contributed by atoms with van der Waals surface area (Å²) in [5, 5.41) is 3.32. The van der Waals surface area contributed by atoms with Gasteiger partial charge in [0, 0.05) is 11.5 Å². The van der Waals surface area contributed by atoms with Crippen molar-refractivity contribution in [1.82, 2.24) is 5.32 Å². The third kappa shape index (κ3) is 4.39. The average Bonchev–Trinajstić information content (AvgIpc) is 3.08. The Bertz CT molecular complexity index is 653. The van der Waals surface area contributed by atoms with E-state index in [1.54, 1.807) is 0 Å². The van der Waals surface area contributed by atoms with Crippen molar-refractivity contribution in [2.45, 2.75) is 113 Å². The molecule has 9 atom stereocenters. The van der Waals surface area contributed by atoms with Gasteiger partial charge in [-0.3, -0.25) is 4.79 Å². The molecule has 3 saturated carbocycles. The molecule has 0 aromatic carbocycles. The van der Waals surface area contributed by atoms with Gasteiger partial charge in [-0.25, -0.2) is 0 Å². The Kier molecular flexibility index (Phi) is 7.69. The predicted molar refractivity (Wildman–Crippen MR) is 133 cm³/mol. The van der Waals surface area contributed by atoms with Crippen LogP contribution in [0.4, 0.5) is 0 Å². The summed E-state index contributed by atoms with van der Waals surface area (Å²) in [6, 6.07) is 0.341. The second kappa shape index (κ2) is 9.60. The summed E-state index contributed by atoms with van der Waals surface area (Å²) in [7, 11) is 0. The van der Waals surface area contributed by atoms with Gasteiger partial charge in [0.2, 0.25) is 5.91 Å². The van der Waals surface area contributed by atoms with E-state index in [1.165, 1.54) is 44.9 Å². The Balaban J connectivity index is 0.00000132. The third-order valence-electron chi connectivity index (χ3n) is 10.3. The molecule has 1 amide bonds. The molecule has 1 heterocycles. The minimum absolute atomic E-state index is 0.120. The molecule has 3 fully saturated rings. The quantitative estimate of drug-likeness (QED) is 0.478. The number of hydrogen-bond acceptors (Lipinski definition) is 1. The van der Waals surface area contributed by atoms with E-state index in [-0.39, 0.29) is 11.3 Å². The number of carbonyl (C=O) groups excluding carboxylic acids is 1. The summed E-state index contributed by atoms with van der Waals surface area (Å²) >= 11 is 0. The van der Waals surface area contributed by atoms with Crippen molar-refractivity contribution in [3.05, 3.63) is 12.2 Å². The Labute approximate surface area is 193 Å². The zero-order chi connectivity index (χ0) is 23.0. The number of hydrogen-bond donors (Lipinski definition) is 1. The fourth-order valence-corrected chi connectivity index (χ4v) is 8.71. The maximum atomic E-state index is 12.0. The molecule has 31 heavy (non-hydrogen) atoms. The van der Waals surface area contributed by atoms with Gasteiger partial charge < -0.3 is 5.32 Å². The van der Waals surface area contributed by atoms with Crippen molar-refractivity contribution in [1.29, 1.82) is 0 Å². The summed E-state index contributed by atoms with van der Waals surface area (Å²) < 4.78 is 0. The molecule has 4 rings (SSSR count). The summed E-state index contributed by atoms with van der Waals surface area (Å²) in [6.45, 7) is 18.9. The number of fused-ring (bicyclic) bond motifs is 5. The fraction of sp³-hybridized carbons (Fsp3) is 0.897. The first-order chi connectivity index (χ1) is 14.7. The van der Waals surface area contributed by atoms with Crippen LogP contribution in [0.25, 0.3) is 0 Å². The van der Waals surface area contributed by atoms with Crippen LogP contribution in [0.15, 0.2) is 12.2 Å². The second-order valence-corrected chi connectivity index (χ2v) is 12.3. The van der Waals surface area contributed by atoms with E-state index in [4.69, 9.17) is 0 Å². The molecule has 1 N–H and O–H groups in total. The lowest BCUT2D eigenvalue weighted by Crippen LogP contribution is -2.61. The van der Waals surface area contributed by atoms with Gasteiger partial charge >= 0.3 is 0 Å². The fourth-order valence-electron chi connectivity index (χ4n) is 8.71. The first-order valence-corrected chi connectivity index (χ1v) is 13.7. The van der Waals surface area contributed by atoms with Crippen molar-refractivity contribution < 1.29 is 4.79 Å². The van der Waals surface area contributed by atoms with Crippen LogP contribution in [-0.4, -0.2) is 11.9 Å². The smallest absolute Gasteiger partial charge is 0.243 e. The summed E-state index contributed by atoms with van der Waals surface area (Å²) in [5.74, 6) is 5.93. The lowest BCUT2D eigenvalue weighted by molar-refractivity contribution is -0.126. The summed E-state index contributed by atoms with van der Waals surface area (Å²) in [5.41, 5.74) is 0.699.